The van der Waals surface area contributed by atoms with Gasteiger partial charge in [0.2, 0.25) is 0 Å². The second kappa shape index (κ2) is 10.8. The molecule has 8 rings (SSSR count). The second-order valence-electron chi connectivity index (χ2n) is 11.6. The lowest BCUT2D eigenvalue weighted by molar-refractivity contribution is 0.832. The van der Waals surface area contributed by atoms with Gasteiger partial charge < -0.3 is 5.32 Å². The van der Waals surface area contributed by atoms with Crippen molar-refractivity contribution in [1.82, 2.24) is 9.97 Å². The Morgan fingerprint density at radius 1 is 0.636 bits per heavy atom. The van der Waals surface area contributed by atoms with E-state index in [0.717, 1.165) is 46.3 Å². The summed E-state index contributed by atoms with van der Waals surface area (Å²) < 4.78 is 0. The van der Waals surface area contributed by atoms with E-state index in [9.17, 15) is 0 Å². The molecule has 3 nitrogen and oxygen atoms in total. The molecule has 0 radical (unpaired) electrons. The van der Waals surface area contributed by atoms with Crippen LogP contribution in [0.5, 0.6) is 0 Å². The highest BCUT2D eigenvalue weighted by molar-refractivity contribution is 6.21. The summed E-state index contributed by atoms with van der Waals surface area (Å²) in [7, 11) is 0. The quantitative estimate of drug-likeness (QED) is 0.210. The molecule has 44 heavy (non-hydrogen) atoms. The Hall–Kier alpha value is -5.28. The molecule has 0 bridgehead atoms. The molecular weight excluding hydrogens is 534 g/mol. The van der Waals surface area contributed by atoms with Crippen LogP contribution >= 0.6 is 0 Å². The highest BCUT2D eigenvalue weighted by Crippen LogP contribution is 2.44. The number of aryl methyl sites for hydroxylation is 1. The molecule has 0 fully saturated rings. The molecule has 0 aliphatic carbocycles. The zero-order chi connectivity index (χ0) is 29.6. The van der Waals surface area contributed by atoms with Gasteiger partial charge in [-0.2, -0.15) is 0 Å². The molecule has 0 spiro atoms. The van der Waals surface area contributed by atoms with Gasteiger partial charge in [0.15, 0.2) is 0 Å². The van der Waals surface area contributed by atoms with Crippen molar-refractivity contribution >= 4 is 44.2 Å². The molecule has 1 N–H and O–H groups in total. The maximum Gasteiger partial charge on any atom is 0.0949 e. The predicted octanol–water partition coefficient (Wildman–Crippen LogP) is 10.7. The van der Waals surface area contributed by atoms with Gasteiger partial charge in [-0.25, -0.2) is 0 Å². The third kappa shape index (κ3) is 4.27. The Kier molecular flexibility index (Phi) is 6.45. The van der Waals surface area contributed by atoms with Crippen LogP contribution in [0.3, 0.4) is 0 Å². The minimum atomic E-state index is 0.314. The number of hydrogen-bond acceptors (Lipinski definition) is 3. The van der Waals surface area contributed by atoms with Crippen LogP contribution in [0.1, 0.15) is 31.5 Å². The molecule has 212 valence electrons. The second-order valence-corrected chi connectivity index (χ2v) is 11.6. The van der Waals surface area contributed by atoms with Gasteiger partial charge in [0.1, 0.15) is 0 Å². The van der Waals surface area contributed by atoms with E-state index in [0.29, 0.717) is 6.04 Å². The number of nitrogens with zero attached hydrogens (tertiary/aromatic N) is 2. The zero-order valence-corrected chi connectivity index (χ0v) is 25.0. The minimum absolute atomic E-state index is 0.314. The van der Waals surface area contributed by atoms with E-state index in [4.69, 9.17) is 9.97 Å². The number of pyridine rings is 2. The smallest absolute Gasteiger partial charge is 0.0949 e. The summed E-state index contributed by atoms with van der Waals surface area (Å²) >= 11 is 0. The number of rotatable bonds is 5. The van der Waals surface area contributed by atoms with Gasteiger partial charge >= 0.3 is 0 Å². The Morgan fingerprint density at radius 2 is 1.27 bits per heavy atom. The average molecular weight is 568 g/mol. The molecule has 1 atom stereocenters. The first kappa shape index (κ1) is 26.4. The summed E-state index contributed by atoms with van der Waals surface area (Å²) in [6.07, 6.45) is 10.4. The lowest BCUT2D eigenvalue weighted by Gasteiger charge is -2.23. The predicted molar refractivity (Wildman–Crippen MR) is 187 cm³/mol. The Labute approximate surface area is 257 Å². The largest absolute Gasteiger partial charge is 0.377 e. The van der Waals surface area contributed by atoms with Crippen LogP contribution in [-0.2, 0) is 6.42 Å². The number of anilines is 1. The van der Waals surface area contributed by atoms with E-state index in [1.54, 1.807) is 0 Å². The zero-order valence-electron chi connectivity index (χ0n) is 25.0. The van der Waals surface area contributed by atoms with Crippen LogP contribution in [0.15, 0.2) is 122 Å². The van der Waals surface area contributed by atoms with Crippen LogP contribution in [0.25, 0.3) is 71.9 Å². The molecule has 7 aromatic rings. The van der Waals surface area contributed by atoms with Crippen molar-refractivity contribution in [2.75, 3.05) is 5.32 Å². The Balaban J connectivity index is 1.38. The third-order valence-electron chi connectivity index (χ3n) is 9.04. The van der Waals surface area contributed by atoms with E-state index >= 15 is 0 Å². The van der Waals surface area contributed by atoms with Gasteiger partial charge in [0.25, 0.3) is 0 Å². The lowest BCUT2D eigenvalue weighted by Crippen LogP contribution is -2.19. The molecule has 2 aromatic heterocycles. The summed E-state index contributed by atoms with van der Waals surface area (Å²) in [4.78, 5) is 10.0. The minimum Gasteiger partial charge on any atom is -0.377 e. The fourth-order valence-electron chi connectivity index (χ4n) is 6.84. The molecule has 5 aromatic carbocycles. The van der Waals surface area contributed by atoms with Crippen molar-refractivity contribution < 1.29 is 0 Å². The maximum absolute atomic E-state index is 5.15. The Morgan fingerprint density at radius 3 is 1.93 bits per heavy atom. The van der Waals surface area contributed by atoms with Crippen LogP contribution in [0, 0.1) is 0 Å². The molecule has 3 heteroatoms. The molecule has 3 heterocycles. The summed E-state index contributed by atoms with van der Waals surface area (Å²) in [6, 6.07) is 37.6. The van der Waals surface area contributed by atoms with Gasteiger partial charge in [-0.3, -0.25) is 9.97 Å². The van der Waals surface area contributed by atoms with Crippen molar-refractivity contribution in [2.45, 2.75) is 32.7 Å². The highest BCUT2D eigenvalue weighted by Gasteiger charge is 2.20. The van der Waals surface area contributed by atoms with Crippen molar-refractivity contribution in [1.29, 1.82) is 0 Å². The number of benzene rings is 5. The van der Waals surface area contributed by atoms with Gasteiger partial charge in [-0.05, 0) is 74.3 Å². The van der Waals surface area contributed by atoms with Gasteiger partial charge in [0.05, 0.1) is 11.2 Å². The van der Waals surface area contributed by atoms with Gasteiger partial charge in [-0.15, -0.1) is 0 Å². The fourth-order valence-corrected chi connectivity index (χ4v) is 6.84. The number of nitrogens with one attached hydrogen (secondary N) is 1. The summed E-state index contributed by atoms with van der Waals surface area (Å²) in [5.74, 6) is 0. The topological polar surface area (TPSA) is 37.8 Å². The first-order valence-electron chi connectivity index (χ1n) is 15.6. The number of fused-ring (bicyclic) bond motifs is 5. The van der Waals surface area contributed by atoms with Crippen LogP contribution in [-0.4, -0.2) is 16.0 Å². The number of aromatic nitrogens is 2. The highest BCUT2D eigenvalue weighted by atomic mass is 14.9. The first-order valence-corrected chi connectivity index (χ1v) is 15.6. The fraction of sp³-hybridized carbons (Fsp3) is 0.122. The maximum atomic E-state index is 5.15. The van der Waals surface area contributed by atoms with Gasteiger partial charge in [0, 0.05) is 40.6 Å². The van der Waals surface area contributed by atoms with Crippen molar-refractivity contribution in [3.05, 3.63) is 133 Å². The molecule has 1 aliphatic rings. The van der Waals surface area contributed by atoms with Crippen molar-refractivity contribution in [2.24, 2.45) is 0 Å². The lowest BCUT2D eigenvalue weighted by atomic mass is 9.86. The molecule has 0 saturated heterocycles. The summed E-state index contributed by atoms with van der Waals surface area (Å²) in [6.45, 7) is 4.39. The summed E-state index contributed by atoms with van der Waals surface area (Å²) in [5, 5.41) is 9.85. The summed E-state index contributed by atoms with van der Waals surface area (Å²) in [5.41, 5.74) is 11.5. The van der Waals surface area contributed by atoms with E-state index in [-0.39, 0.29) is 0 Å². The average Bonchev–Trinajstić information content (AvgIpc) is 3.10. The molecule has 0 saturated carbocycles. The monoisotopic (exact) mass is 567 g/mol. The van der Waals surface area contributed by atoms with E-state index < -0.39 is 0 Å². The van der Waals surface area contributed by atoms with Crippen molar-refractivity contribution in [3.63, 3.8) is 0 Å². The van der Waals surface area contributed by atoms with Crippen LogP contribution in [0.4, 0.5) is 5.69 Å². The molecule has 1 unspecified atom stereocenters. The van der Waals surface area contributed by atoms with Crippen LogP contribution < -0.4 is 5.32 Å². The first-order chi connectivity index (χ1) is 21.7. The van der Waals surface area contributed by atoms with Gasteiger partial charge in [-0.1, -0.05) is 117 Å². The SMILES string of the molecule is CCc1cc(-c2cncc(-c3c4ccccc4c(-c4ccccc4)c4ccccc34)c2)c2ccc3c(c2n1)NC(CC)C=C3. The molecule has 0 amide bonds. The molecular formula is C41H33N3. The van der Waals surface area contributed by atoms with Crippen molar-refractivity contribution in [3.8, 4) is 33.4 Å². The third-order valence-corrected chi connectivity index (χ3v) is 9.04. The standard InChI is InChI=1S/C41H33N3/c1-3-30-20-18-27-19-21-36-37(23-31(4-2)44-41(36)40(27)43-30)28-22-29(25-42-24-28)39-34-16-10-8-14-32(34)38(26-12-6-5-7-13-26)33-15-9-11-17-35(33)39/h5-25,30,43H,3-4H2,1-2H3. The Bertz CT molecular complexity index is 2170. The van der Waals surface area contributed by atoms with E-state index in [1.807, 2.05) is 12.4 Å². The molecule has 1 aliphatic heterocycles. The van der Waals surface area contributed by atoms with Crippen LogP contribution in [0.2, 0.25) is 0 Å². The normalized spacial score (nSPS) is 14.2. The number of hydrogen-bond donors (Lipinski definition) is 1. The van der Waals surface area contributed by atoms with E-state index in [2.05, 4.69) is 134 Å². The van der Waals surface area contributed by atoms with E-state index in [1.165, 1.54) is 49.4 Å².